The SMILES string of the molecule is Cc1ccc(CNC(=O)CSc2nncn2C)cc1F. The van der Waals surface area contributed by atoms with Crippen molar-refractivity contribution < 1.29 is 9.18 Å². The van der Waals surface area contributed by atoms with Crippen LogP contribution >= 0.6 is 11.8 Å². The average molecular weight is 294 g/mol. The van der Waals surface area contributed by atoms with Gasteiger partial charge in [-0.05, 0) is 24.1 Å². The molecular formula is C13H15FN4OS. The fourth-order valence-corrected chi connectivity index (χ4v) is 2.25. The van der Waals surface area contributed by atoms with Crippen LogP contribution in [0.3, 0.4) is 0 Å². The number of benzene rings is 1. The zero-order valence-corrected chi connectivity index (χ0v) is 12.1. The van der Waals surface area contributed by atoms with Gasteiger partial charge in [-0.1, -0.05) is 23.9 Å². The summed E-state index contributed by atoms with van der Waals surface area (Å²) in [4.78, 5) is 11.7. The van der Waals surface area contributed by atoms with E-state index in [-0.39, 0.29) is 17.5 Å². The molecule has 0 atom stereocenters. The Bertz CT molecular complexity index is 614. The molecule has 0 aliphatic rings. The van der Waals surface area contributed by atoms with Crippen LogP contribution in [0.4, 0.5) is 4.39 Å². The van der Waals surface area contributed by atoms with Gasteiger partial charge in [-0.15, -0.1) is 10.2 Å². The zero-order chi connectivity index (χ0) is 14.5. The van der Waals surface area contributed by atoms with Crippen molar-refractivity contribution in [3.63, 3.8) is 0 Å². The van der Waals surface area contributed by atoms with E-state index in [0.717, 1.165) is 5.56 Å². The van der Waals surface area contributed by atoms with E-state index < -0.39 is 0 Å². The number of hydrogen-bond donors (Lipinski definition) is 1. The maximum absolute atomic E-state index is 13.3. The number of nitrogens with zero attached hydrogens (tertiary/aromatic N) is 3. The first-order valence-electron chi connectivity index (χ1n) is 6.05. The van der Waals surface area contributed by atoms with Crippen LogP contribution in [0.2, 0.25) is 0 Å². The van der Waals surface area contributed by atoms with Gasteiger partial charge in [0.2, 0.25) is 5.91 Å². The summed E-state index contributed by atoms with van der Waals surface area (Å²) in [6.45, 7) is 2.02. The molecule has 2 rings (SSSR count). The van der Waals surface area contributed by atoms with Gasteiger partial charge in [-0.2, -0.15) is 0 Å². The predicted molar refractivity (Wildman–Crippen MR) is 74.7 cm³/mol. The van der Waals surface area contributed by atoms with E-state index in [1.165, 1.54) is 17.8 Å². The maximum atomic E-state index is 13.3. The van der Waals surface area contributed by atoms with E-state index in [0.29, 0.717) is 17.3 Å². The van der Waals surface area contributed by atoms with Crippen LogP contribution in [0.1, 0.15) is 11.1 Å². The molecule has 0 aliphatic carbocycles. The number of carbonyl (C=O) groups is 1. The van der Waals surface area contributed by atoms with Gasteiger partial charge in [-0.25, -0.2) is 4.39 Å². The van der Waals surface area contributed by atoms with Crippen molar-refractivity contribution in [1.29, 1.82) is 0 Å². The summed E-state index contributed by atoms with van der Waals surface area (Å²) in [5.74, 6) is -0.134. The van der Waals surface area contributed by atoms with E-state index in [2.05, 4.69) is 15.5 Å². The van der Waals surface area contributed by atoms with Crippen LogP contribution < -0.4 is 5.32 Å². The van der Waals surface area contributed by atoms with Gasteiger partial charge in [0.05, 0.1) is 5.75 Å². The molecule has 1 amide bonds. The topological polar surface area (TPSA) is 59.8 Å². The standard InChI is InChI=1S/C13H15FN4OS/c1-9-3-4-10(5-11(9)14)6-15-12(19)7-20-13-17-16-8-18(13)2/h3-5,8H,6-7H2,1-2H3,(H,15,19). The average Bonchev–Trinajstić information content (AvgIpc) is 2.83. The Morgan fingerprint density at radius 3 is 2.95 bits per heavy atom. The lowest BCUT2D eigenvalue weighted by Gasteiger charge is -2.06. The number of aromatic nitrogens is 3. The molecule has 0 bridgehead atoms. The van der Waals surface area contributed by atoms with Crippen molar-refractivity contribution in [1.82, 2.24) is 20.1 Å². The number of thioether (sulfide) groups is 1. The number of nitrogens with one attached hydrogen (secondary N) is 1. The number of halogens is 1. The van der Waals surface area contributed by atoms with Crippen molar-refractivity contribution in [3.8, 4) is 0 Å². The second kappa shape index (κ2) is 6.51. The number of carbonyl (C=O) groups excluding carboxylic acids is 1. The van der Waals surface area contributed by atoms with E-state index in [9.17, 15) is 9.18 Å². The summed E-state index contributed by atoms with van der Waals surface area (Å²) >= 11 is 1.31. The smallest absolute Gasteiger partial charge is 0.230 e. The first kappa shape index (κ1) is 14.5. The molecule has 1 N–H and O–H groups in total. The lowest BCUT2D eigenvalue weighted by atomic mass is 10.1. The summed E-state index contributed by atoms with van der Waals surface area (Å²) in [5.41, 5.74) is 1.34. The van der Waals surface area contributed by atoms with Gasteiger partial charge in [0.15, 0.2) is 5.16 Å². The highest BCUT2D eigenvalue weighted by atomic mass is 32.2. The number of amides is 1. The molecule has 0 fully saturated rings. The molecule has 1 aromatic carbocycles. The van der Waals surface area contributed by atoms with E-state index in [1.54, 1.807) is 30.0 Å². The number of rotatable bonds is 5. The molecule has 1 heterocycles. The van der Waals surface area contributed by atoms with Crippen molar-refractivity contribution in [2.24, 2.45) is 7.05 Å². The minimum Gasteiger partial charge on any atom is -0.351 e. The molecule has 2 aromatic rings. The minimum absolute atomic E-state index is 0.126. The predicted octanol–water partition coefficient (Wildman–Crippen LogP) is 1.67. The number of hydrogen-bond acceptors (Lipinski definition) is 4. The van der Waals surface area contributed by atoms with Crippen LogP contribution in [-0.4, -0.2) is 26.4 Å². The molecule has 0 saturated heterocycles. The third-order valence-corrected chi connectivity index (χ3v) is 3.76. The van der Waals surface area contributed by atoms with E-state index in [1.807, 2.05) is 7.05 Å². The monoisotopic (exact) mass is 294 g/mol. The lowest BCUT2D eigenvalue weighted by molar-refractivity contribution is -0.118. The molecular weight excluding hydrogens is 279 g/mol. The highest BCUT2D eigenvalue weighted by Crippen LogP contribution is 2.13. The lowest BCUT2D eigenvalue weighted by Crippen LogP contribution is -2.24. The molecule has 0 radical (unpaired) electrons. The zero-order valence-electron chi connectivity index (χ0n) is 11.3. The summed E-state index contributed by atoms with van der Waals surface area (Å²) in [6.07, 6.45) is 1.58. The van der Waals surface area contributed by atoms with Gasteiger partial charge >= 0.3 is 0 Å². The van der Waals surface area contributed by atoms with Crippen LogP contribution in [0.15, 0.2) is 29.7 Å². The molecule has 20 heavy (non-hydrogen) atoms. The van der Waals surface area contributed by atoms with Crippen LogP contribution in [0.25, 0.3) is 0 Å². The van der Waals surface area contributed by atoms with Crippen LogP contribution in [0.5, 0.6) is 0 Å². The fourth-order valence-electron chi connectivity index (χ4n) is 1.53. The van der Waals surface area contributed by atoms with Gasteiger partial charge in [0.1, 0.15) is 12.1 Å². The summed E-state index contributed by atoms with van der Waals surface area (Å²) in [6, 6.07) is 4.94. The molecule has 106 valence electrons. The normalized spacial score (nSPS) is 10.6. The van der Waals surface area contributed by atoms with Crippen LogP contribution in [0, 0.1) is 12.7 Å². The van der Waals surface area contributed by atoms with Crippen molar-refractivity contribution in [3.05, 3.63) is 41.5 Å². The largest absolute Gasteiger partial charge is 0.351 e. The third kappa shape index (κ3) is 3.80. The highest BCUT2D eigenvalue weighted by Gasteiger charge is 2.07. The molecule has 1 aromatic heterocycles. The molecule has 5 nitrogen and oxygen atoms in total. The fraction of sp³-hybridized carbons (Fsp3) is 0.308. The van der Waals surface area contributed by atoms with Gasteiger partial charge in [0.25, 0.3) is 0 Å². The quantitative estimate of drug-likeness (QED) is 0.852. The Balaban J connectivity index is 1.80. The summed E-state index contributed by atoms with van der Waals surface area (Å²) in [7, 11) is 1.81. The Labute approximate surface area is 120 Å². The molecule has 0 saturated carbocycles. The van der Waals surface area contributed by atoms with Gasteiger partial charge < -0.3 is 9.88 Å². The molecule has 0 spiro atoms. The maximum Gasteiger partial charge on any atom is 0.230 e. The summed E-state index contributed by atoms with van der Waals surface area (Å²) < 4.78 is 15.1. The van der Waals surface area contributed by atoms with Crippen molar-refractivity contribution in [2.45, 2.75) is 18.6 Å². The number of aryl methyl sites for hydroxylation is 2. The highest BCUT2D eigenvalue weighted by molar-refractivity contribution is 7.99. The van der Waals surface area contributed by atoms with Crippen molar-refractivity contribution in [2.75, 3.05) is 5.75 Å². The van der Waals surface area contributed by atoms with E-state index in [4.69, 9.17) is 0 Å². The minimum atomic E-state index is -0.259. The van der Waals surface area contributed by atoms with E-state index >= 15 is 0 Å². The Morgan fingerprint density at radius 2 is 2.30 bits per heavy atom. The Kier molecular flexibility index (Phi) is 4.73. The molecule has 0 aliphatic heterocycles. The molecule has 7 heteroatoms. The second-order valence-electron chi connectivity index (χ2n) is 4.37. The first-order valence-corrected chi connectivity index (χ1v) is 7.03. The van der Waals surface area contributed by atoms with Gasteiger partial charge in [-0.3, -0.25) is 4.79 Å². The third-order valence-electron chi connectivity index (χ3n) is 2.73. The van der Waals surface area contributed by atoms with Gasteiger partial charge in [0, 0.05) is 13.6 Å². The second-order valence-corrected chi connectivity index (χ2v) is 5.32. The molecule has 0 unspecified atom stereocenters. The van der Waals surface area contributed by atoms with Crippen molar-refractivity contribution >= 4 is 17.7 Å². The summed E-state index contributed by atoms with van der Waals surface area (Å²) in [5, 5.41) is 11.0. The Hall–Kier alpha value is -1.89. The Morgan fingerprint density at radius 1 is 1.50 bits per heavy atom. The first-order chi connectivity index (χ1) is 9.56. The van der Waals surface area contributed by atoms with Crippen LogP contribution in [-0.2, 0) is 18.4 Å².